The fraction of sp³-hybridized carbons (Fsp3) is 0.278. The Morgan fingerprint density at radius 3 is 2.44 bits per heavy atom. The normalized spacial score (nSPS) is 10.6. The van der Waals surface area contributed by atoms with Crippen LogP contribution in [-0.4, -0.2) is 37.9 Å². The Morgan fingerprint density at radius 1 is 1.11 bits per heavy atom. The molecule has 0 aliphatic heterocycles. The van der Waals surface area contributed by atoms with Gasteiger partial charge in [0.15, 0.2) is 5.96 Å². The highest BCUT2D eigenvalue weighted by atomic mass is 127. The van der Waals surface area contributed by atoms with Gasteiger partial charge in [-0.2, -0.15) is 0 Å². The Morgan fingerprint density at radius 2 is 1.85 bits per heavy atom. The van der Waals surface area contributed by atoms with E-state index in [-0.39, 0.29) is 36.4 Å². The van der Waals surface area contributed by atoms with Crippen molar-refractivity contribution in [2.45, 2.75) is 13.0 Å². The minimum absolute atomic E-state index is 0. The largest absolute Gasteiger partial charge is 0.368 e. The van der Waals surface area contributed by atoms with Crippen molar-refractivity contribution in [1.82, 2.24) is 16.0 Å². The summed E-state index contributed by atoms with van der Waals surface area (Å²) in [6, 6.07) is 11.3. The summed E-state index contributed by atoms with van der Waals surface area (Å²) in [4.78, 5) is 28.0. The molecule has 0 aliphatic carbocycles. The smallest absolute Gasteiger partial charge is 0.251 e. The lowest BCUT2D eigenvalue weighted by Gasteiger charge is -2.12. The van der Waals surface area contributed by atoms with Crippen LogP contribution in [0.25, 0.3) is 0 Å². The molecule has 0 spiro atoms. The molecule has 27 heavy (non-hydrogen) atoms. The molecule has 1 aromatic heterocycles. The number of guanidine groups is 1. The van der Waals surface area contributed by atoms with E-state index in [4.69, 9.17) is 5.73 Å². The minimum atomic E-state index is -0.572. The van der Waals surface area contributed by atoms with E-state index in [0.29, 0.717) is 12.1 Å². The molecule has 0 atom stereocenters. The van der Waals surface area contributed by atoms with Crippen LogP contribution >= 0.6 is 35.3 Å². The maximum Gasteiger partial charge on any atom is 0.251 e. The van der Waals surface area contributed by atoms with Crippen molar-refractivity contribution < 1.29 is 9.59 Å². The molecule has 146 valence electrons. The van der Waals surface area contributed by atoms with E-state index in [9.17, 15) is 9.59 Å². The van der Waals surface area contributed by atoms with Crippen molar-refractivity contribution in [3.8, 4) is 0 Å². The Balaban J connectivity index is 0.00000364. The quantitative estimate of drug-likeness (QED) is 0.250. The summed E-state index contributed by atoms with van der Waals surface area (Å²) < 4.78 is 0. The van der Waals surface area contributed by atoms with Gasteiger partial charge in [-0.15, -0.1) is 35.3 Å². The van der Waals surface area contributed by atoms with Gasteiger partial charge >= 0.3 is 0 Å². The van der Waals surface area contributed by atoms with Gasteiger partial charge in [0.25, 0.3) is 5.91 Å². The van der Waals surface area contributed by atoms with E-state index in [0.717, 1.165) is 24.5 Å². The number of hydrogen-bond donors (Lipinski definition) is 4. The van der Waals surface area contributed by atoms with Gasteiger partial charge < -0.3 is 21.7 Å². The molecule has 0 saturated carbocycles. The molecular weight excluding hydrogens is 477 g/mol. The molecule has 2 amide bonds. The third-order valence-electron chi connectivity index (χ3n) is 3.57. The summed E-state index contributed by atoms with van der Waals surface area (Å²) in [6.07, 6.45) is 0.952. The number of rotatable bonds is 8. The molecule has 0 radical (unpaired) electrons. The molecule has 7 nitrogen and oxygen atoms in total. The summed E-state index contributed by atoms with van der Waals surface area (Å²) in [5.74, 6) is -0.170. The Labute approximate surface area is 179 Å². The van der Waals surface area contributed by atoms with Crippen LogP contribution in [0.5, 0.6) is 0 Å². The van der Waals surface area contributed by atoms with Crippen molar-refractivity contribution >= 4 is 53.1 Å². The first-order chi connectivity index (χ1) is 12.6. The number of carbonyl (C=O) groups excluding carboxylic acids is 2. The first-order valence-electron chi connectivity index (χ1n) is 8.21. The topological polar surface area (TPSA) is 109 Å². The third kappa shape index (κ3) is 8.39. The van der Waals surface area contributed by atoms with Crippen molar-refractivity contribution in [3.05, 3.63) is 57.8 Å². The SMILES string of the molecule is CN=C(NCCc1cccs1)NCc1ccc(C(=O)NCC(N)=O)cc1.I. The monoisotopic (exact) mass is 501 g/mol. The second-order valence-electron chi connectivity index (χ2n) is 5.53. The van der Waals surface area contributed by atoms with Crippen molar-refractivity contribution in [2.75, 3.05) is 20.1 Å². The van der Waals surface area contributed by atoms with Crippen molar-refractivity contribution in [2.24, 2.45) is 10.7 Å². The number of amides is 2. The number of nitrogens with zero attached hydrogens (tertiary/aromatic N) is 1. The zero-order chi connectivity index (χ0) is 18.8. The maximum atomic E-state index is 11.8. The molecule has 2 rings (SSSR count). The molecule has 0 bridgehead atoms. The van der Waals surface area contributed by atoms with Crippen LogP contribution in [0.4, 0.5) is 0 Å². The fourth-order valence-corrected chi connectivity index (χ4v) is 2.92. The van der Waals surface area contributed by atoms with Crippen LogP contribution in [0.2, 0.25) is 0 Å². The van der Waals surface area contributed by atoms with E-state index in [1.54, 1.807) is 30.5 Å². The van der Waals surface area contributed by atoms with Gasteiger partial charge in [-0.25, -0.2) is 0 Å². The highest BCUT2D eigenvalue weighted by molar-refractivity contribution is 14.0. The van der Waals surface area contributed by atoms with E-state index < -0.39 is 5.91 Å². The van der Waals surface area contributed by atoms with Crippen LogP contribution in [0.1, 0.15) is 20.8 Å². The van der Waals surface area contributed by atoms with Gasteiger partial charge in [0.1, 0.15) is 0 Å². The van der Waals surface area contributed by atoms with Crippen LogP contribution in [0.3, 0.4) is 0 Å². The summed E-state index contributed by atoms with van der Waals surface area (Å²) >= 11 is 1.74. The Hall–Kier alpha value is -2.14. The lowest BCUT2D eigenvalue weighted by molar-refractivity contribution is -0.117. The predicted molar refractivity (Wildman–Crippen MR) is 120 cm³/mol. The highest BCUT2D eigenvalue weighted by Crippen LogP contribution is 2.08. The molecule has 1 heterocycles. The number of hydrogen-bond acceptors (Lipinski definition) is 4. The number of thiophene rings is 1. The average Bonchev–Trinajstić information content (AvgIpc) is 3.16. The summed E-state index contributed by atoms with van der Waals surface area (Å²) in [5.41, 5.74) is 6.50. The molecule has 0 fully saturated rings. The molecule has 1 aromatic carbocycles. The number of nitrogens with two attached hydrogens (primary N) is 1. The molecule has 9 heteroatoms. The van der Waals surface area contributed by atoms with Crippen molar-refractivity contribution in [3.63, 3.8) is 0 Å². The molecule has 0 unspecified atom stereocenters. The fourth-order valence-electron chi connectivity index (χ4n) is 2.21. The van der Waals surface area contributed by atoms with Crippen LogP contribution in [0, 0.1) is 0 Å². The number of aliphatic imine (C=N–C) groups is 1. The Bertz CT molecular complexity index is 748. The number of carbonyl (C=O) groups is 2. The van der Waals surface area contributed by atoms with E-state index in [1.165, 1.54) is 4.88 Å². The first-order valence-corrected chi connectivity index (χ1v) is 9.09. The molecular formula is C18H24IN5O2S. The third-order valence-corrected chi connectivity index (χ3v) is 4.50. The van der Waals surface area contributed by atoms with Gasteiger partial charge in [0, 0.05) is 30.6 Å². The minimum Gasteiger partial charge on any atom is -0.368 e. The number of benzene rings is 1. The van der Waals surface area contributed by atoms with Gasteiger partial charge in [-0.3, -0.25) is 14.6 Å². The zero-order valence-corrected chi connectivity index (χ0v) is 18.2. The summed E-state index contributed by atoms with van der Waals surface area (Å²) in [5, 5.41) is 11.0. The number of halogens is 1. The second kappa shape index (κ2) is 12.3. The second-order valence-corrected chi connectivity index (χ2v) is 6.56. The standard InChI is InChI=1S/C18H23N5O2S.HI/c1-20-18(21-9-8-15-3-2-10-26-15)23-11-13-4-6-14(7-5-13)17(25)22-12-16(19)24;/h2-7,10H,8-9,11-12H2,1H3,(H2,19,24)(H,22,25)(H2,20,21,23);1H. The maximum absolute atomic E-state index is 11.8. The number of nitrogens with one attached hydrogen (secondary N) is 3. The average molecular weight is 501 g/mol. The van der Waals surface area contributed by atoms with Crippen LogP contribution in [0.15, 0.2) is 46.8 Å². The van der Waals surface area contributed by atoms with Gasteiger partial charge in [-0.05, 0) is 35.6 Å². The van der Waals surface area contributed by atoms with Gasteiger partial charge in [-0.1, -0.05) is 18.2 Å². The predicted octanol–water partition coefficient (Wildman–Crippen LogP) is 1.49. The molecule has 0 saturated heterocycles. The summed E-state index contributed by atoms with van der Waals surface area (Å²) in [7, 11) is 1.73. The first kappa shape index (κ1) is 22.9. The Kier molecular flexibility index (Phi) is 10.4. The van der Waals surface area contributed by atoms with E-state index >= 15 is 0 Å². The van der Waals surface area contributed by atoms with Gasteiger partial charge in [0.2, 0.25) is 5.91 Å². The van der Waals surface area contributed by atoms with Crippen LogP contribution in [-0.2, 0) is 17.8 Å². The van der Waals surface area contributed by atoms with E-state index in [1.807, 2.05) is 18.2 Å². The van der Waals surface area contributed by atoms with Crippen molar-refractivity contribution in [1.29, 1.82) is 0 Å². The molecule has 2 aromatic rings. The number of primary amides is 1. The zero-order valence-electron chi connectivity index (χ0n) is 15.0. The van der Waals surface area contributed by atoms with Gasteiger partial charge in [0.05, 0.1) is 6.54 Å². The van der Waals surface area contributed by atoms with E-state index in [2.05, 4.69) is 32.4 Å². The molecule has 0 aliphatic rings. The van der Waals surface area contributed by atoms with Crippen LogP contribution < -0.4 is 21.7 Å². The lowest BCUT2D eigenvalue weighted by Crippen LogP contribution is -2.37. The molecule has 5 N–H and O–H groups in total. The lowest BCUT2D eigenvalue weighted by atomic mass is 10.1. The summed E-state index contributed by atoms with van der Waals surface area (Å²) in [6.45, 7) is 1.22. The highest BCUT2D eigenvalue weighted by Gasteiger charge is 2.06.